The molecule has 3 rings (SSSR count). The van der Waals surface area contributed by atoms with Crippen molar-refractivity contribution in [1.82, 2.24) is 15.2 Å². The molecule has 4 nitrogen and oxygen atoms in total. The van der Waals surface area contributed by atoms with E-state index in [1.54, 1.807) is 24.2 Å². The van der Waals surface area contributed by atoms with Crippen LogP contribution in [0.2, 0.25) is 0 Å². The third kappa shape index (κ3) is 4.14. The van der Waals surface area contributed by atoms with Crippen molar-refractivity contribution in [3.8, 4) is 11.1 Å². The summed E-state index contributed by atoms with van der Waals surface area (Å²) in [7, 11) is 0. The molecule has 3 aromatic rings. The van der Waals surface area contributed by atoms with Gasteiger partial charge >= 0.3 is 0 Å². The van der Waals surface area contributed by atoms with Crippen LogP contribution in [0.1, 0.15) is 11.1 Å². The van der Waals surface area contributed by atoms with E-state index in [0.29, 0.717) is 0 Å². The van der Waals surface area contributed by atoms with Crippen LogP contribution in [0.25, 0.3) is 23.3 Å². The normalized spacial score (nSPS) is 11.4. The predicted octanol–water partition coefficient (Wildman–Crippen LogP) is 4.89. The molecule has 0 saturated carbocycles. The van der Waals surface area contributed by atoms with Gasteiger partial charge in [-0.2, -0.15) is 5.10 Å². The minimum Gasteiger partial charge on any atom is -0.362 e. The highest BCUT2D eigenvalue weighted by Gasteiger charge is 2.03. The number of aromatic nitrogens is 3. The zero-order valence-electron chi connectivity index (χ0n) is 13.3. The summed E-state index contributed by atoms with van der Waals surface area (Å²) in [6.07, 6.45) is 15.4. The number of aromatic amines is 1. The molecule has 2 aromatic heterocycles. The number of pyridine rings is 1. The van der Waals surface area contributed by atoms with Crippen molar-refractivity contribution in [3.05, 3.63) is 77.9 Å². The zero-order valence-corrected chi connectivity index (χ0v) is 14.1. The van der Waals surface area contributed by atoms with E-state index in [0.717, 1.165) is 22.4 Å². The van der Waals surface area contributed by atoms with E-state index in [1.165, 1.54) is 5.56 Å². The van der Waals surface area contributed by atoms with Crippen LogP contribution in [-0.2, 0) is 0 Å². The fourth-order valence-electron chi connectivity index (χ4n) is 2.27. The van der Waals surface area contributed by atoms with Crippen LogP contribution in [0.15, 0.2) is 66.7 Å². The Kier molecular flexibility index (Phi) is 5.48. The molecule has 0 bridgehead atoms. The van der Waals surface area contributed by atoms with Gasteiger partial charge in [0.2, 0.25) is 0 Å². The average Bonchev–Trinajstić information content (AvgIpc) is 3.16. The average molecular weight is 334 g/mol. The molecule has 0 aliphatic heterocycles. The van der Waals surface area contributed by atoms with Crippen molar-refractivity contribution in [3.63, 3.8) is 0 Å². The van der Waals surface area contributed by atoms with E-state index in [1.807, 2.05) is 37.0 Å². The molecule has 0 aliphatic carbocycles. The highest BCUT2D eigenvalue weighted by Crippen LogP contribution is 2.22. The Bertz CT molecular complexity index is 821. The summed E-state index contributed by atoms with van der Waals surface area (Å²) in [6.45, 7) is 0. The number of nitrogens with zero attached hydrogens (tertiary/aromatic N) is 2. The van der Waals surface area contributed by atoms with Crippen molar-refractivity contribution >= 4 is 29.6 Å². The maximum Gasteiger partial charge on any atom is 0.0566 e. The zero-order chi connectivity index (χ0) is 16.6. The first-order valence-electron chi connectivity index (χ1n) is 7.52. The summed E-state index contributed by atoms with van der Waals surface area (Å²) in [4.78, 5) is 4.20. The molecule has 24 heavy (non-hydrogen) atoms. The quantitative estimate of drug-likeness (QED) is 0.674. The number of thioether (sulfide) groups is 1. The molecule has 0 aliphatic rings. The Morgan fingerprint density at radius 3 is 2.71 bits per heavy atom. The lowest BCUT2D eigenvalue weighted by Gasteiger charge is -2.04. The van der Waals surface area contributed by atoms with Crippen molar-refractivity contribution in [1.29, 1.82) is 0 Å². The maximum atomic E-state index is 4.20. The Morgan fingerprint density at radius 2 is 1.96 bits per heavy atom. The summed E-state index contributed by atoms with van der Waals surface area (Å²) < 4.78 is 0. The van der Waals surface area contributed by atoms with Gasteiger partial charge in [0.1, 0.15) is 0 Å². The van der Waals surface area contributed by atoms with E-state index in [9.17, 15) is 0 Å². The lowest BCUT2D eigenvalue weighted by molar-refractivity contribution is 1.09. The van der Waals surface area contributed by atoms with E-state index in [2.05, 4.69) is 56.2 Å². The van der Waals surface area contributed by atoms with E-state index in [-0.39, 0.29) is 0 Å². The maximum absolute atomic E-state index is 4.20. The highest BCUT2D eigenvalue weighted by molar-refractivity contribution is 8.01. The molecule has 2 N–H and O–H groups in total. The third-order valence-corrected chi connectivity index (χ3v) is 3.89. The van der Waals surface area contributed by atoms with Gasteiger partial charge < -0.3 is 5.32 Å². The van der Waals surface area contributed by atoms with Crippen LogP contribution in [0.5, 0.6) is 0 Å². The molecular weight excluding hydrogens is 316 g/mol. The van der Waals surface area contributed by atoms with E-state index >= 15 is 0 Å². The van der Waals surface area contributed by atoms with Gasteiger partial charge in [0.05, 0.1) is 6.20 Å². The van der Waals surface area contributed by atoms with Gasteiger partial charge in [-0.3, -0.25) is 10.1 Å². The molecule has 0 unspecified atom stereocenters. The number of H-pyrrole nitrogens is 1. The standard InChI is InChI=1S/C19H18N4S/c1-24-11-8-15-2-4-18(5-3-15)21-10-6-16-12-20-9-7-19(16)17-13-22-23-14-17/h2-14,21H,1H3,(H,22,23)/b10-6+,11-8-. The number of nitrogens with one attached hydrogen (secondary N) is 2. The molecule has 0 spiro atoms. The monoisotopic (exact) mass is 334 g/mol. The van der Waals surface area contributed by atoms with Crippen molar-refractivity contribution in [2.75, 3.05) is 11.6 Å². The summed E-state index contributed by atoms with van der Waals surface area (Å²) in [5, 5.41) is 12.2. The Balaban J connectivity index is 1.70. The molecule has 0 saturated heterocycles. The van der Waals surface area contributed by atoms with Crippen LogP contribution >= 0.6 is 11.8 Å². The second kappa shape index (κ2) is 8.17. The lowest BCUT2D eigenvalue weighted by atomic mass is 10.1. The van der Waals surface area contributed by atoms with Gasteiger partial charge in [0, 0.05) is 41.6 Å². The van der Waals surface area contributed by atoms with Gasteiger partial charge in [-0.15, -0.1) is 11.8 Å². The third-order valence-electron chi connectivity index (χ3n) is 3.48. The minimum atomic E-state index is 1.03. The Morgan fingerprint density at radius 1 is 1.08 bits per heavy atom. The SMILES string of the molecule is CS/C=C\c1ccc(N/C=C/c2cnccc2-c2cn[nH]c2)cc1. The van der Waals surface area contributed by atoms with Crippen LogP contribution in [0.4, 0.5) is 5.69 Å². The lowest BCUT2D eigenvalue weighted by Crippen LogP contribution is -1.88. The van der Waals surface area contributed by atoms with E-state index in [4.69, 9.17) is 0 Å². The van der Waals surface area contributed by atoms with E-state index < -0.39 is 0 Å². The topological polar surface area (TPSA) is 53.6 Å². The number of hydrogen-bond donors (Lipinski definition) is 2. The van der Waals surface area contributed by atoms with Gasteiger partial charge in [-0.1, -0.05) is 12.1 Å². The fraction of sp³-hybridized carbons (Fsp3) is 0.0526. The predicted molar refractivity (Wildman–Crippen MR) is 103 cm³/mol. The smallest absolute Gasteiger partial charge is 0.0566 e. The van der Waals surface area contributed by atoms with Crippen molar-refractivity contribution in [2.24, 2.45) is 0 Å². The molecule has 0 radical (unpaired) electrons. The van der Waals surface area contributed by atoms with Gasteiger partial charge in [-0.05, 0) is 53.1 Å². The summed E-state index contributed by atoms with van der Waals surface area (Å²) in [5.41, 5.74) is 5.40. The number of anilines is 1. The second-order valence-electron chi connectivity index (χ2n) is 5.09. The molecule has 5 heteroatoms. The second-order valence-corrected chi connectivity index (χ2v) is 5.83. The molecule has 0 amide bonds. The molecule has 0 atom stereocenters. The van der Waals surface area contributed by atoms with Crippen LogP contribution in [0, 0.1) is 0 Å². The fourth-order valence-corrected chi connectivity index (χ4v) is 2.56. The van der Waals surface area contributed by atoms with Gasteiger partial charge in [-0.25, -0.2) is 0 Å². The van der Waals surface area contributed by atoms with Crippen molar-refractivity contribution < 1.29 is 0 Å². The van der Waals surface area contributed by atoms with Gasteiger partial charge in [0.15, 0.2) is 0 Å². The summed E-state index contributed by atoms with van der Waals surface area (Å²) >= 11 is 1.69. The van der Waals surface area contributed by atoms with Crippen LogP contribution < -0.4 is 5.32 Å². The van der Waals surface area contributed by atoms with Gasteiger partial charge in [0.25, 0.3) is 0 Å². The Hall–Kier alpha value is -2.79. The number of hydrogen-bond acceptors (Lipinski definition) is 4. The first-order chi connectivity index (χ1) is 11.9. The molecular formula is C19H18N4S. The number of benzene rings is 1. The first-order valence-corrected chi connectivity index (χ1v) is 8.81. The number of rotatable bonds is 6. The van der Waals surface area contributed by atoms with Crippen LogP contribution in [0.3, 0.4) is 0 Å². The Labute approximate surface area is 145 Å². The molecule has 2 heterocycles. The first kappa shape index (κ1) is 16.1. The minimum absolute atomic E-state index is 1.03. The van der Waals surface area contributed by atoms with Crippen molar-refractivity contribution in [2.45, 2.75) is 0 Å². The molecule has 120 valence electrons. The van der Waals surface area contributed by atoms with Crippen LogP contribution in [-0.4, -0.2) is 21.4 Å². The summed E-state index contributed by atoms with van der Waals surface area (Å²) in [6, 6.07) is 10.3. The largest absolute Gasteiger partial charge is 0.362 e. The highest BCUT2D eigenvalue weighted by atomic mass is 32.2. The molecule has 1 aromatic carbocycles. The summed E-state index contributed by atoms with van der Waals surface area (Å²) in [5.74, 6) is 0. The molecule has 0 fully saturated rings.